The van der Waals surface area contributed by atoms with Gasteiger partial charge in [0.2, 0.25) is 0 Å². The molecule has 2 rings (SSSR count). The van der Waals surface area contributed by atoms with Crippen LogP contribution in [-0.2, 0) is 11.3 Å². The first kappa shape index (κ1) is 14.1. The lowest BCUT2D eigenvalue weighted by Gasteiger charge is -2.11. The minimum Gasteiger partial charge on any atom is -0.465 e. The summed E-state index contributed by atoms with van der Waals surface area (Å²) in [5.41, 5.74) is 4.64. The minimum atomic E-state index is -0.329. The van der Waals surface area contributed by atoms with Crippen molar-refractivity contribution in [2.45, 2.75) is 20.4 Å². The summed E-state index contributed by atoms with van der Waals surface area (Å²) in [6, 6.07) is 9.49. The molecule has 4 heteroatoms. The number of aryl methyl sites for hydroxylation is 2. The van der Waals surface area contributed by atoms with Crippen LogP contribution in [0.2, 0.25) is 0 Å². The molecular weight excluding hydrogens is 252 g/mol. The topological polar surface area (TPSA) is 51.2 Å². The number of ether oxygens (including phenoxy) is 1. The molecule has 20 heavy (non-hydrogen) atoms. The molecule has 0 spiro atoms. The molecule has 0 fully saturated rings. The van der Waals surface area contributed by atoms with Gasteiger partial charge < -0.3 is 10.1 Å². The molecule has 0 radical (unpaired) electrons. The maximum absolute atomic E-state index is 11.5. The van der Waals surface area contributed by atoms with Gasteiger partial charge in [-0.25, -0.2) is 4.79 Å². The second-order valence-electron chi connectivity index (χ2n) is 4.68. The molecule has 1 N–H and O–H groups in total. The van der Waals surface area contributed by atoms with Crippen molar-refractivity contribution in [3.8, 4) is 0 Å². The van der Waals surface area contributed by atoms with Crippen LogP contribution < -0.4 is 5.32 Å². The lowest BCUT2D eigenvalue weighted by Crippen LogP contribution is -2.05. The fourth-order valence-electron chi connectivity index (χ4n) is 1.86. The van der Waals surface area contributed by atoms with E-state index in [9.17, 15) is 4.79 Å². The Balaban J connectivity index is 2.12. The van der Waals surface area contributed by atoms with Crippen molar-refractivity contribution in [3.05, 3.63) is 58.9 Å². The van der Waals surface area contributed by atoms with Crippen molar-refractivity contribution in [1.82, 2.24) is 4.98 Å². The van der Waals surface area contributed by atoms with Crippen LogP contribution in [0.4, 0.5) is 5.69 Å². The summed E-state index contributed by atoms with van der Waals surface area (Å²) < 4.78 is 4.73. The molecule has 2 aromatic rings. The summed E-state index contributed by atoms with van der Waals surface area (Å²) in [6.07, 6.45) is 1.85. The number of pyridine rings is 1. The number of hydrogen-bond acceptors (Lipinski definition) is 4. The van der Waals surface area contributed by atoms with E-state index < -0.39 is 0 Å². The summed E-state index contributed by atoms with van der Waals surface area (Å²) in [4.78, 5) is 15.8. The first-order valence-corrected chi connectivity index (χ1v) is 6.44. The van der Waals surface area contributed by atoms with Gasteiger partial charge in [0, 0.05) is 24.1 Å². The van der Waals surface area contributed by atoms with E-state index in [-0.39, 0.29) is 5.97 Å². The van der Waals surface area contributed by atoms with Gasteiger partial charge in [-0.2, -0.15) is 0 Å². The molecule has 1 heterocycles. The van der Waals surface area contributed by atoms with Gasteiger partial charge in [0.15, 0.2) is 0 Å². The Kier molecular flexibility index (Phi) is 4.35. The first-order valence-electron chi connectivity index (χ1n) is 6.44. The van der Waals surface area contributed by atoms with Gasteiger partial charge in [-0.3, -0.25) is 4.98 Å². The highest BCUT2D eigenvalue weighted by Crippen LogP contribution is 2.18. The van der Waals surface area contributed by atoms with Gasteiger partial charge in [-0.15, -0.1) is 0 Å². The number of anilines is 1. The van der Waals surface area contributed by atoms with Gasteiger partial charge in [0.1, 0.15) is 0 Å². The third kappa shape index (κ3) is 3.35. The van der Waals surface area contributed by atoms with E-state index in [1.54, 1.807) is 6.07 Å². The number of carbonyl (C=O) groups is 1. The first-order chi connectivity index (χ1) is 9.60. The number of carbonyl (C=O) groups excluding carboxylic acids is 1. The molecule has 0 bridgehead atoms. The van der Waals surface area contributed by atoms with Crippen LogP contribution >= 0.6 is 0 Å². The highest BCUT2D eigenvalue weighted by molar-refractivity contribution is 5.90. The molecule has 0 unspecified atom stereocenters. The second kappa shape index (κ2) is 6.19. The highest BCUT2D eigenvalue weighted by atomic mass is 16.5. The third-order valence-corrected chi connectivity index (χ3v) is 3.11. The molecule has 104 valence electrons. The molecule has 0 aliphatic carbocycles. The maximum atomic E-state index is 11.5. The monoisotopic (exact) mass is 270 g/mol. The molecule has 4 nitrogen and oxygen atoms in total. The van der Waals surface area contributed by atoms with E-state index in [0.717, 1.165) is 22.5 Å². The number of esters is 1. The normalized spacial score (nSPS) is 10.2. The lowest BCUT2D eigenvalue weighted by molar-refractivity contribution is 0.0601. The predicted octanol–water partition coefficient (Wildman–Crippen LogP) is 3.10. The number of methoxy groups -OCH3 is 1. The predicted molar refractivity (Wildman–Crippen MR) is 78.8 cm³/mol. The smallest absolute Gasteiger partial charge is 0.337 e. The van der Waals surface area contributed by atoms with Crippen LogP contribution in [0.5, 0.6) is 0 Å². The number of hydrogen-bond donors (Lipinski definition) is 1. The van der Waals surface area contributed by atoms with Crippen LogP contribution in [0.25, 0.3) is 0 Å². The van der Waals surface area contributed by atoms with E-state index >= 15 is 0 Å². The van der Waals surface area contributed by atoms with Crippen LogP contribution in [0, 0.1) is 13.8 Å². The Morgan fingerprint density at radius 2 is 2.05 bits per heavy atom. The molecule has 0 saturated carbocycles. The van der Waals surface area contributed by atoms with Crippen LogP contribution in [-0.4, -0.2) is 18.1 Å². The van der Waals surface area contributed by atoms with E-state index in [0.29, 0.717) is 12.1 Å². The quantitative estimate of drug-likeness (QED) is 0.867. The highest BCUT2D eigenvalue weighted by Gasteiger charge is 2.07. The number of rotatable bonds is 4. The molecule has 0 atom stereocenters. The molecule has 0 saturated heterocycles. The number of nitrogens with one attached hydrogen (secondary N) is 1. The van der Waals surface area contributed by atoms with E-state index in [2.05, 4.69) is 10.3 Å². The van der Waals surface area contributed by atoms with Gasteiger partial charge in [-0.1, -0.05) is 12.1 Å². The zero-order valence-electron chi connectivity index (χ0n) is 11.9. The van der Waals surface area contributed by atoms with Gasteiger partial charge >= 0.3 is 5.97 Å². The molecular formula is C16H18N2O2. The molecule has 0 aliphatic rings. The minimum absolute atomic E-state index is 0.329. The average Bonchev–Trinajstić information content (AvgIpc) is 2.47. The van der Waals surface area contributed by atoms with Crippen molar-refractivity contribution >= 4 is 11.7 Å². The fraction of sp³-hybridized carbons (Fsp3) is 0.250. The number of aromatic nitrogens is 1. The van der Waals surface area contributed by atoms with Crippen molar-refractivity contribution < 1.29 is 9.53 Å². The Hall–Kier alpha value is -2.36. The van der Waals surface area contributed by atoms with Gasteiger partial charge in [-0.05, 0) is 43.2 Å². The second-order valence-corrected chi connectivity index (χ2v) is 4.68. The van der Waals surface area contributed by atoms with E-state index in [1.165, 1.54) is 7.11 Å². The summed E-state index contributed by atoms with van der Waals surface area (Å²) in [6.45, 7) is 4.62. The Morgan fingerprint density at radius 1 is 1.25 bits per heavy atom. The standard InChI is InChI=1S/C16H18N2O2/c1-11-4-7-14(16(19)20-3)8-15(11)18-10-13-6-5-12(2)17-9-13/h4-9,18H,10H2,1-3H3. The van der Waals surface area contributed by atoms with Crippen LogP contribution in [0.3, 0.4) is 0 Å². The zero-order chi connectivity index (χ0) is 14.5. The zero-order valence-corrected chi connectivity index (χ0v) is 11.9. The average molecular weight is 270 g/mol. The molecule has 0 amide bonds. The van der Waals surface area contributed by atoms with Crippen molar-refractivity contribution in [2.75, 3.05) is 12.4 Å². The van der Waals surface area contributed by atoms with Crippen molar-refractivity contribution in [1.29, 1.82) is 0 Å². The Bertz CT molecular complexity index is 606. The summed E-state index contributed by atoms with van der Waals surface area (Å²) in [5.74, 6) is -0.329. The SMILES string of the molecule is COC(=O)c1ccc(C)c(NCc2ccc(C)nc2)c1. The molecule has 0 aliphatic heterocycles. The summed E-state index contributed by atoms with van der Waals surface area (Å²) in [5, 5.41) is 3.32. The summed E-state index contributed by atoms with van der Waals surface area (Å²) >= 11 is 0. The Labute approximate surface area is 118 Å². The van der Waals surface area contributed by atoms with E-state index in [1.807, 2.05) is 44.3 Å². The van der Waals surface area contributed by atoms with Gasteiger partial charge in [0.05, 0.1) is 12.7 Å². The Morgan fingerprint density at radius 3 is 2.70 bits per heavy atom. The van der Waals surface area contributed by atoms with Crippen molar-refractivity contribution in [2.24, 2.45) is 0 Å². The largest absolute Gasteiger partial charge is 0.465 e. The molecule has 1 aromatic carbocycles. The molecule has 1 aromatic heterocycles. The van der Waals surface area contributed by atoms with Gasteiger partial charge in [0.25, 0.3) is 0 Å². The summed E-state index contributed by atoms with van der Waals surface area (Å²) in [7, 11) is 1.38. The fourth-order valence-corrected chi connectivity index (χ4v) is 1.86. The van der Waals surface area contributed by atoms with E-state index in [4.69, 9.17) is 4.74 Å². The third-order valence-electron chi connectivity index (χ3n) is 3.11. The number of benzene rings is 1. The van der Waals surface area contributed by atoms with Crippen LogP contribution in [0.1, 0.15) is 27.2 Å². The van der Waals surface area contributed by atoms with Crippen LogP contribution in [0.15, 0.2) is 36.5 Å². The number of nitrogens with zero attached hydrogens (tertiary/aromatic N) is 1. The van der Waals surface area contributed by atoms with Crippen molar-refractivity contribution in [3.63, 3.8) is 0 Å². The lowest BCUT2D eigenvalue weighted by atomic mass is 10.1. The maximum Gasteiger partial charge on any atom is 0.337 e.